The lowest BCUT2D eigenvalue weighted by molar-refractivity contribution is 0.417. The maximum absolute atomic E-state index is 9.79. The molecule has 0 aromatic heterocycles. The van der Waals surface area contributed by atoms with Crippen molar-refractivity contribution in [2.24, 2.45) is 5.41 Å². The van der Waals surface area contributed by atoms with Crippen LogP contribution in [0.4, 0.5) is 0 Å². The molecule has 6 heteroatoms. The van der Waals surface area contributed by atoms with Gasteiger partial charge in [-0.1, -0.05) is 12.8 Å². The first-order valence-corrected chi connectivity index (χ1v) is 13.1. The van der Waals surface area contributed by atoms with E-state index < -0.39 is 22.0 Å². The van der Waals surface area contributed by atoms with E-state index in [4.69, 9.17) is 0 Å². The van der Waals surface area contributed by atoms with Crippen LogP contribution in [0.5, 0.6) is 0 Å². The minimum absolute atomic E-state index is 0.518. The molecule has 19 heavy (non-hydrogen) atoms. The zero-order valence-corrected chi connectivity index (χ0v) is 14.5. The van der Waals surface area contributed by atoms with Gasteiger partial charge in [-0.25, -0.2) is 0 Å². The van der Waals surface area contributed by atoms with E-state index in [0.29, 0.717) is 12.8 Å². The normalized spacial score (nSPS) is 12.8. The SMILES string of the molecule is C[Si](C)(O)CCCC(C#N)(C#N)CCC[Si](C)(C)O. The number of hydrogen-bond donors (Lipinski definition) is 2. The molecule has 0 amide bonds. The number of nitrogens with zero attached hydrogens (tertiary/aromatic N) is 2. The average Bonchev–Trinajstić information content (AvgIpc) is 2.24. The Labute approximate surface area is 119 Å². The van der Waals surface area contributed by atoms with E-state index in [-0.39, 0.29) is 0 Å². The van der Waals surface area contributed by atoms with E-state index in [2.05, 4.69) is 12.1 Å². The maximum Gasteiger partial charge on any atom is 0.182 e. The summed E-state index contributed by atoms with van der Waals surface area (Å²) in [4.78, 5) is 19.6. The molecule has 0 aliphatic heterocycles. The van der Waals surface area contributed by atoms with Crippen LogP contribution in [-0.4, -0.2) is 26.2 Å². The van der Waals surface area contributed by atoms with E-state index in [0.717, 1.165) is 24.9 Å². The number of nitriles is 2. The predicted molar refractivity (Wildman–Crippen MR) is 81.1 cm³/mol. The van der Waals surface area contributed by atoms with Gasteiger partial charge in [0.2, 0.25) is 0 Å². The van der Waals surface area contributed by atoms with Gasteiger partial charge in [0, 0.05) is 0 Å². The second-order valence-electron chi connectivity index (χ2n) is 6.64. The van der Waals surface area contributed by atoms with Crippen molar-refractivity contribution in [1.82, 2.24) is 0 Å². The van der Waals surface area contributed by atoms with Crippen molar-refractivity contribution < 1.29 is 9.59 Å². The number of rotatable bonds is 8. The van der Waals surface area contributed by atoms with Crippen LogP contribution in [-0.2, 0) is 0 Å². The minimum atomic E-state index is -2.10. The van der Waals surface area contributed by atoms with Gasteiger partial charge in [-0.2, -0.15) is 10.5 Å². The standard InChI is InChI=1S/C13H26N2O2Si2/c1-18(2,16)9-5-7-13(11-14,12-15)8-6-10-19(3,4)17/h16-17H,5-10H2,1-4H3. The van der Waals surface area contributed by atoms with Crippen molar-refractivity contribution in [1.29, 1.82) is 10.5 Å². The topological polar surface area (TPSA) is 88.0 Å². The molecule has 0 spiro atoms. The summed E-state index contributed by atoms with van der Waals surface area (Å²) in [6.45, 7) is 7.47. The van der Waals surface area contributed by atoms with Crippen LogP contribution in [0.1, 0.15) is 25.7 Å². The van der Waals surface area contributed by atoms with Crippen molar-refractivity contribution in [2.75, 3.05) is 0 Å². The molecule has 0 aliphatic carbocycles. The van der Waals surface area contributed by atoms with Gasteiger partial charge in [0.15, 0.2) is 16.6 Å². The Morgan fingerprint density at radius 1 is 0.842 bits per heavy atom. The van der Waals surface area contributed by atoms with Gasteiger partial charge < -0.3 is 9.59 Å². The number of hydrogen-bond acceptors (Lipinski definition) is 4. The first kappa shape index (κ1) is 18.3. The molecule has 0 aromatic rings. The van der Waals surface area contributed by atoms with Crippen molar-refractivity contribution >= 4 is 16.6 Å². The van der Waals surface area contributed by atoms with E-state index in [1.165, 1.54) is 0 Å². The predicted octanol–water partition coefficient (Wildman–Crippen LogP) is 2.98. The maximum atomic E-state index is 9.79. The van der Waals surface area contributed by atoms with Crippen LogP contribution < -0.4 is 0 Å². The summed E-state index contributed by atoms with van der Waals surface area (Å²) in [6.07, 6.45) is 2.47. The Morgan fingerprint density at radius 2 is 1.16 bits per heavy atom. The Bertz CT molecular complexity index is 323. The van der Waals surface area contributed by atoms with Crippen LogP contribution >= 0.6 is 0 Å². The summed E-state index contributed by atoms with van der Waals surface area (Å²) in [7, 11) is -4.19. The smallest absolute Gasteiger partial charge is 0.182 e. The summed E-state index contributed by atoms with van der Waals surface area (Å²) in [5, 5.41) is 18.5. The third-order valence-electron chi connectivity index (χ3n) is 3.21. The molecule has 0 rings (SSSR count). The molecule has 108 valence electrons. The summed E-state index contributed by atoms with van der Waals surface area (Å²) >= 11 is 0. The summed E-state index contributed by atoms with van der Waals surface area (Å²) < 4.78 is 0. The highest BCUT2D eigenvalue weighted by molar-refractivity contribution is 6.70. The van der Waals surface area contributed by atoms with E-state index in [1.54, 1.807) is 0 Å². The van der Waals surface area contributed by atoms with Crippen molar-refractivity contribution in [3.63, 3.8) is 0 Å². The van der Waals surface area contributed by atoms with Gasteiger partial charge >= 0.3 is 0 Å². The van der Waals surface area contributed by atoms with Crippen LogP contribution in [0.2, 0.25) is 38.3 Å². The highest BCUT2D eigenvalue weighted by Crippen LogP contribution is 2.31. The third kappa shape index (κ3) is 8.95. The summed E-state index contributed by atoms with van der Waals surface area (Å²) in [6, 6.07) is 5.73. The van der Waals surface area contributed by atoms with Gasteiger partial charge in [-0.3, -0.25) is 0 Å². The van der Waals surface area contributed by atoms with Crippen LogP contribution in [0.15, 0.2) is 0 Å². The minimum Gasteiger partial charge on any atom is -0.432 e. The third-order valence-corrected chi connectivity index (χ3v) is 6.37. The zero-order valence-electron chi connectivity index (χ0n) is 12.5. The zero-order chi connectivity index (χ0) is 15.2. The Kier molecular flexibility index (Phi) is 6.95. The lowest BCUT2D eigenvalue weighted by atomic mass is 9.82. The Hall–Kier alpha value is -0.666. The molecule has 0 aromatic carbocycles. The Balaban J connectivity index is 4.37. The first-order chi connectivity index (χ1) is 8.54. The molecule has 4 nitrogen and oxygen atoms in total. The molecule has 0 radical (unpaired) electrons. The second-order valence-corrected chi connectivity index (χ2v) is 14.9. The Morgan fingerprint density at radius 3 is 1.37 bits per heavy atom. The molecular weight excluding hydrogens is 272 g/mol. The molecule has 0 aliphatic rings. The van der Waals surface area contributed by atoms with Gasteiger partial charge in [0.05, 0.1) is 12.1 Å². The molecule has 0 fully saturated rings. The quantitative estimate of drug-likeness (QED) is 0.674. The summed E-state index contributed by atoms with van der Waals surface area (Å²) in [5.74, 6) is 0. The van der Waals surface area contributed by atoms with Gasteiger partial charge in [-0.05, 0) is 51.1 Å². The molecule has 0 bridgehead atoms. The van der Waals surface area contributed by atoms with E-state index >= 15 is 0 Å². The van der Waals surface area contributed by atoms with Crippen molar-refractivity contribution in [3.8, 4) is 12.1 Å². The summed E-state index contributed by atoms with van der Waals surface area (Å²) in [5.41, 5.74) is -0.945. The molecule has 0 atom stereocenters. The highest BCUT2D eigenvalue weighted by Gasteiger charge is 2.31. The van der Waals surface area contributed by atoms with E-state index in [9.17, 15) is 20.1 Å². The lowest BCUT2D eigenvalue weighted by Gasteiger charge is -2.22. The fourth-order valence-corrected chi connectivity index (χ4v) is 4.10. The highest BCUT2D eigenvalue weighted by atomic mass is 28.4. The first-order valence-electron chi connectivity index (χ1n) is 6.81. The van der Waals surface area contributed by atoms with Gasteiger partial charge in [0.25, 0.3) is 0 Å². The van der Waals surface area contributed by atoms with Crippen molar-refractivity contribution in [2.45, 2.75) is 64.0 Å². The molecule has 2 N–H and O–H groups in total. The van der Waals surface area contributed by atoms with Crippen LogP contribution in [0.3, 0.4) is 0 Å². The molecule has 0 unspecified atom stereocenters. The lowest BCUT2D eigenvalue weighted by Crippen LogP contribution is -2.27. The van der Waals surface area contributed by atoms with E-state index in [1.807, 2.05) is 26.2 Å². The average molecular weight is 299 g/mol. The monoisotopic (exact) mass is 298 g/mol. The molecule has 0 saturated carbocycles. The van der Waals surface area contributed by atoms with Gasteiger partial charge in [-0.15, -0.1) is 0 Å². The fraction of sp³-hybridized carbons (Fsp3) is 0.846. The van der Waals surface area contributed by atoms with Gasteiger partial charge in [0.1, 0.15) is 5.41 Å². The second kappa shape index (κ2) is 7.21. The van der Waals surface area contributed by atoms with Crippen LogP contribution in [0, 0.1) is 28.1 Å². The molecule has 0 heterocycles. The fourth-order valence-electron chi connectivity index (χ4n) is 2.02. The largest absolute Gasteiger partial charge is 0.432 e. The van der Waals surface area contributed by atoms with Crippen molar-refractivity contribution in [3.05, 3.63) is 0 Å². The molecule has 0 saturated heterocycles. The molecular formula is C13H26N2O2Si2. The van der Waals surface area contributed by atoms with Crippen LogP contribution in [0.25, 0.3) is 0 Å².